The molecule has 13 heavy (non-hydrogen) atoms. The number of carbonyl (C=O) groups is 1. The molecule has 0 radical (unpaired) electrons. The third-order valence-corrected chi connectivity index (χ3v) is 3.39. The number of thiazole rings is 1. The van der Waals surface area contributed by atoms with E-state index in [0.717, 1.165) is 4.34 Å². The lowest BCUT2D eigenvalue weighted by atomic mass is 10.4. The fourth-order valence-electron chi connectivity index (χ4n) is 0.662. The summed E-state index contributed by atoms with van der Waals surface area (Å²) in [4.78, 5) is 14.9. The molecular weight excluding hydrogens is 208 g/mol. The smallest absolute Gasteiger partial charge is 0.323 e. The van der Waals surface area contributed by atoms with E-state index in [4.69, 9.17) is 5.73 Å². The molecular formula is C7H10N2O2S2. The van der Waals surface area contributed by atoms with Crippen LogP contribution in [0, 0.1) is 0 Å². The van der Waals surface area contributed by atoms with Crippen molar-refractivity contribution in [3.8, 4) is 0 Å². The summed E-state index contributed by atoms with van der Waals surface area (Å²) in [7, 11) is 1.33. The van der Waals surface area contributed by atoms with Gasteiger partial charge in [-0.1, -0.05) is 11.8 Å². The van der Waals surface area contributed by atoms with Gasteiger partial charge >= 0.3 is 5.97 Å². The molecule has 1 atom stereocenters. The SMILES string of the molecule is COC(=O)C(N)CSc1nccs1. The van der Waals surface area contributed by atoms with Gasteiger partial charge in [-0.05, 0) is 0 Å². The Kier molecular flexibility index (Phi) is 4.20. The third kappa shape index (κ3) is 3.33. The molecule has 6 heteroatoms. The fraction of sp³-hybridized carbons (Fsp3) is 0.429. The van der Waals surface area contributed by atoms with Crippen LogP contribution in [0.25, 0.3) is 0 Å². The number of nitrogens with two attached hydrogens (primary N) is 1. The van der Waals surface area contributed by atoms with Crippen LogP contribution >= 0.6 is 23.1 Å². The first-order valence-corrected chi connectivity index (χ1v) is 5.46. The van der Waals surface area contributed by atoms with Crippen molar-refractivity contribution in [3.63, 3.8) is 0 Å². The second kappa shape index (κ2) is 5.21. The van der Waals surface area contributed by atoms with Crippen LogP contribution in [0.4, 0.5) is 0 Å². The molecule has 72 valence electrons. The molecule has 4 nitrogen and oxygen atoms in total. The molecule has 1 aromatic rings. The molecule has 0 bridgehead atoms. The van der Waals surface area contributed by atoms with E-state index in [2.05, 4.69) is 9.72 Å². The zero-order valence-corrected chi connectivity index (χ0v) is 8.73. The van der Waals surface area contributed by atoms with Crippen LogP contribution in [0.2, 0.25) is 0 Å². The fourth-order valence-corrected chi connectivity index (χ4v) is 2.26. The van der Waals surface area contributed by atoms with Crippen LogP contribution < -0.4 is 5.73 Å². The van der Waals surface area contributed by atoms with Crippen molar-refractivity contribution in [1.29, 1.82) is 0 Å². The number of nitrogens with zero attached hydrogens (tertiary/aromatic N) is 1. The van der Waals surface area contributed by atoms with Crippen LogP contribution in [0.15, 0.2) is 15.9 Å². The van der Waals surface area contributed by atoms with Crippen molar-refractivity contribution < 1.29 is 9.53 Å². The summed E-state index contributed by atoms with van der Waals surface area (Å²) in [6.07, 6.45) is 1.72. The molecule has 1 unspecified atom stereocenters. The van der Waals surface area contributed by atoms with Crippen LogP contribution in [0.1, 0.15) is 0 Å². The van der Waals surface area contributed by atoms with E-state index in [9.17, 15) is 4.79 Å². The minimum atomic E-state index is -0.570. The van der Waals surface area contributed by atoms with E-state index in [1.54, 1.807) is 6.20 Å². The number of carbonyl (C=O) groups excluding carboxylic acids is 1. The number of hydrogen-bond donors (Lipinski definition) is 1. The lowest BCUT2D eigenvalue weighted by Gasteiger charge is -2.06. The second-order valence-corrected chi connectivity index (χ2v) is 4.40. The normalized spacial score (nSPS) is 12.5. The van der Waals surface area contributed by atoms with Gasteiger partial charge in [-0.25, -0.2) is 4.98 Å². The summed E-state index contributed by atoms with van der Waals surface area (Å²) in [5, 5.41) is 1.88. The van der Waals surface area contributed by atoms with Crippen molar-refractivity contribution in [3.05, 3.63) is 11.6 Å². The first kappa shape index (κ1) is 10.5. The second-order valence-electron chi connectivity index (χ2n) is 2.24. The molecule has 0 saturated heterocycles. The topological polar surface area (TPSA) is 65.2 Å². The van der Waals surface area contributed by atoms with Gasteiger partial charge in [-0.3, -0.25) is 4.79 Å². The van der Waals surface area contributed by atoms with E-state index in [1.807, 2.05) is 5.38 Å². The Bertz CT molecular complexity index is 263. The number of aromatic nitrogens is 1. The predicted octanol–water partition coefficient (Wildman–Crippen LogP) is 0.736. The summed E-state index contributed by atoms with van der Waals surface area (Å²) < 4.78 is 5.40. The van der Waals surface area contributed by atoms with Crippen LogP contribution in [-0.4, -0.2) is 29.9 Å². The third-order valence-electron chi connectivity index (χ3n) is 1.30. The zero-order chi connectivity index (χ0) is 9.68. The molecule has 0 aliphatic carbocycles. The highest BCUT2D eigenvalue weighted by Gasteiger charge is 2.14. The largest absolute Gasteiger partial charge is 0.468 e. The molecule has 0 aliphatic rings. The van der Waals surface area contributed by atoms with Crippen molar-refractivity contribution in [2.75, 3.05) is 12.9 Å². The summed E-state index contributed by atoms with van der Waals surface area (Å²) in [6.45, 7) is 0. The van der Waals surface area contributed by atoms with E-state index in [0.29, 0.717) is 5.75 Å². The van der Waals surface area contributed by atoms with Gasteiger partial charge in [0.25, 0.3) is 0 Å². The summed E-state index contributed by atoms with van der Waals surface area (Å²) >= 11 is 2.99. The average molecular weight is 218 g/mol. The Morgan fingerprint density at radius 3 is 3.23 bits per heavy atom. The highest BCUT2D eigenvalue weighted by atomic mass is 32.2. The van der Waals surface area contributed by atoms with E-state index >= 15 is 0 Å². The van der Waals surface area contributed by atoms with Crippen molar-refractivity contribution in [2.45, 2.75) is 10.4 Å². The monoisotopic (exact) mass is 218 g/mol. The quantitative estimate of drug-likeness (QED) is 0.596. The summed E-state index contributed by atoms with van der Waals surface area (Å²) in [5.41, 5.74) is 5.53. The van der Waals surface area contributed by atoms with Crippen molar-refractivity contribution >= 4 is 29.1 Å². The van der Waals surface area contributed by atoms with Gasteiger partial charge in [0, 0.05) is 17.3 Å². The first-order valence-electron chi connectivity index (χ1n) is 3.59. The number of esters is 1. The highest BCUT2D eigenvalue weighted by molar-refractivity contribution is 8.01. The van der Waals surface area contributed by atoms with E-state index < -0.39 is 6.04 Å². The number of hydrogen-bond acceptors (Lipinski definition) is 6. The molecule has 0 spiro atoms. The predicted molar refractivity (Wildman–Crippen MR) is 52.8 cm³/mol. The Morgan fingerprint density at radius 2 is 2.69 bits per heavy atom. The van der Waals surface area contributed by atoms with Crippen LogP contribution in [0.5, 0.6) is 0 Å². The van der Waals surface area contributed by atoms with Gasteiger partial charge < -0.3 is 10.5 Å². The maximum atomic E-state index is 10.9. The van der Waals surface area contributed by atoms with Gasteiger partial charge in [0.2, 0.25) is 0 Å². The summed E-state index contributed by atoms with van der Waals surface area (Å²) in [6, 6.07) is -0.570. The minimum Gasteiger partial charge on any atom is -0.468 e. The molecule has 0 aliphatic heterocycles. The molecule has 2 N–H and O–H groups in total. The standard InChI is InChI=1S/C7H10N2O2S2/c1-11-6(10)5(8)4-13-7-9-2-3-12-7/h2-3,5H,4,8H2,1H3. The molecule has 1 rings (SSSR count). The molecule has 1 heterocycles. The van der Waals surface area contributed by atoms with Gasteiger partial charge in [-0.15, -0.1) is 11.3 Å². The van der Waals surface area contributed by atoms with E-state index in [-0.39, 0.29) is 5.97 Å². The lowest BCUT2D eigenvalue weighted by molar-refractivity contribution is -0.141. The number of rotatable bonds is 4. The lowest BCUT2D eigenvalue weighted by Crippen LogP contribution is -2.33. The molecule has 0 fully saturated rings. The van der Waals surface area contributed by atoms with Gasteiger partial charge in [0.15, 0.2) is 0 Å². The van der Waals surface area contributed by atoms with Crippen molar-refractivity contribution in [1.82, 2.24) is 4.98 Å². The van der Waals surface area contributed by atoms with Gasteiger partial charge in [0.1, 0.15) is 10.4 Å². The van der Waals surface area contributed by atoms with E-state index in [1.165, 1.54) is 30.2 Å². The number of methoxy groups -OCH3 is 1. The summed E-state index contributed by atoms with van der Waals surface area (Å²) in [5.74, 6) is 0.115. The number of ether oxygens (including phenoxy) is 1. The van der Waals surface area contributed by atoms with Crippen LogP contribution in [-0.2, 0) is 9.53 Å². The molecule has 1 aromatic heterocycles. The van der Waals surface area contributed by atoms with Gasteiger partial charge in [-0.2, -0.15) is 0 Å². The minimum absolute atomic E-state index is 0.385. The molecule has 0 saturated carbocycles. The average Bonchev–Trinajstić information content (AvgIpc) is 2.65. The molecule has 0 aromatic carbocycles. The van der Waals surface area contributed by atoms with Crippen molar-refractivity contribution in [2.24, 2.45) is 5.73 Å². The maximum absolute atomic E-state index is 10.9. The Balaban J connectivity index is 2.30. The van der Waals surface area contributed by atoms with Gasteiger partial charge in [0.05, 0.1) is 7.11 Å². The Morgan fingerprint density at radius 1 is 1.92 bits per heavy atom. The Hall–Kier alpha value is -0.590. The molecule has 0 amide bonds. The van der Waals surface area contributed by atoms with Crippen LogP contribution in [0.3, 0.4) is 0 Å². The highest BCUT2D eigenvalue weighted by Crippen LogP contribution is 2.20. The Labute approximate surface area is 84.5 Å². The number of thioether (sulfide) groups is 1. The first-order chi connectivity index (χ1) is 6.24. The maximum Gasteiger partial charge on any atom is 0.323 e. The zero-order valence-electron chi connectivity index (χ0n) is 7.10.